The molecule has 0 aromatic carbocycles. The molecule has 0 saturated carbocycles. The van der Waals surface area contributed by atoms with Crippen LogP contribution in [0.3, 0.4) is 0 Å². The van der Waals surface area contributed by atoms with E-state index in [0.717, 1.165) is 19.3 Å². The van der Waals surface area contributed by atoms with Crippen LogP contribution < -0.4 is 4.72 Å². The quantitative estimate of drug-likeness (QED) is 0.839. The number of hydrogen-bond donors (Lipinski definition) is 1. The van der Waals surface area contributed by atoms with Crippen molar-refractivity contribution in [3.05, 3.63) is 40.3 Å². The van der Waals surface area contributed by atoms with Crippen molar-refractivity contribution in [1.82, 2.24) is 14.5 Å². The maximum Gasteiger partial charge on any atom is 0.265 e. The monoisotopic (exact) mass is 410 g/mol. The van der Waals surface area contributed by atoms with Gasteiger partial charge in [0, 0.05) is 37.7 Å². The Morgan fingerprint density at radius 1 is 1.15 bits per heavy atom. The van der Waals surface area contributed by atoms with Crippen LogP contribution in [0.1, 0.15) is 41.0 Å². The van der Waals surface area contributed by atoms with Gasteiger partial charge in [-0.25, -0.2) is 13.4 Å². The van der Waals surface area contributed by atoms with E-state index < -0.39 is 10.0 Å². The van der Waals surface area contributed by atoms with Crippen molar-refractivity contribution < 1.29 is 13.2 Å². The fraction of sp³-hybridized carbons (Fsp3) is 0.444. The van der Waals surface area contributed by atoms with Crippen molar-refractivity contribution in [1.29, 1.82) is 0 Å². The van der Waals surface area contributed by atoms with Crippen LogP contribution in [-0.2, 0) is 17.1 Å². The number of sulfonamides is 1. The van der Waals surface area contributed by atoms with Crippen molar-refractivity contribution in [2.45, 2.75) is 38.0 Å². The minimum Gasteiger partial charge on any atom is -0.350 e. The molecule has 2 aromatic rings. The van der Waals surface area contributed by atoms with Crippen LogP contribution in [0.2, 0.25) is 5.02 Å². The zero-order chi connectivity index (χ0) is 19.8. The largest absolute Gasteiger partial charge is 0.350 e. The Labute approximate surface area is 164 Å². The topological polar surface area (TPSA) is 84.3 Å². The van der Waals surface area contributed by atoms with Crippen molar-refractivity contribution in [3.63, 3.8) is 0 Å². The molecule has 1 aliphatic heterocycles. The van der Waals surface area contributed by atoms with E-state index in [4.69, 9.17) is 11.6 Å². The van der Waals surface area contributed by atoms with E-state index in [0.29, 0.717) is 29.5 Å². The van der Waals surface area contributed by atoms with E-state index in [1.54, 1.807) is 36.4 Å². The average molecular weight is 411 g/mol. The molecule has 1 fully saturated rings. The molecule has 0 atom stereocenters. The molecule has 0 bridgehead atoms. The van der Waals surface area contributed by atoms with Crippen molar-refractivity contribution in [2.24, 2.45) is 7.05 Å². The lowest BCUT2D eigenvalue weighted by Gasteiger charge is -2.27. The molecule has 0 unspecified atom stereocenters. The lowest BCUT2D eigenvalue weighted by Crippen LogP contribution is -2.36. The van der Waals surface area contributed by atoms with Crippen LogP contribution in [0.4, 0.5) is 5.82 Å². The Balaban J connectivity index is 2.04. The highest BCUT2D eigenvalue weighted by atomic mass is 35.5. The predicted octanol–water partition coefficient (Wildman–Crippen LogP) is 3.12. The van der Waals surface area contributed by atoms with Gasteiger partial charge in [-0.05, 0) is 45.2 Å². The minimum atomic E-state index is -4.00. The summed E-state index contributed by atoms with van der Waals surface area (Å²) in [6.07, 6.45) is 4.32. The number of carbonyl (C=O) groups excluding carboxylic acids is 1. The van der Waals surface area contributed by atoms with Crippen LogP contribution >= 0.6 is 11.6 Å². The van der Waals surface area contributed by atoms with E-state index >= 15 is 0 Å². The highest BCUT2D eigenvalue weighted by Gasteiger charge is 2.33. The third-order valence-corrected chi connectivity index (χ3v) is 6.75. The Hall–Kier alpha value is -2.06. The molecular formula is C18H23ClN4O3S. The highest BCUT2D eigenvalue weighted by molar-refractivity contribution is 7.92. The summed E-state index contributed by atoms with van der Waals surface area (Å²) in [5.41, 5.74) is 1.38. The summed E-state index contributed by atoms with van der Waals surface area (Å²) in [6, 6.07) is 3.03. The fourth-order valence-electron chi connectivity index (χ4n) is 3.38. The average Bonchev–Trinajstić information content (AvgIpc) is 2.88. The molecule has 1 saturated heterocycles. The number of likely N-dealkylation sites (tertiary alicyclic amines) is 1. The Kier molecular flexibility index (Phi) is 5.48. The number of pyridine rings is 1. The second kappa shape index (κ2) is 7.52. The summed E-state index contributed by atoms with van der Waals surface area (Å²) in [7, 11) is -2.24. The third-order valence-electron chi connectivity index (χ3n) is 5.02. The number of aromatic nitrogens is 2. The summed E-state index contributed by atoms with van der Waals surface area (Å²) in [6.45, 7) is 4.77. The van der Waals surface area contributed by atoms with Gasteiger partial charge < -0.3 is 9.47 Å². The molecule has 1 amide bonds. The molecule has 1 N–H and O–H groups in total. The lowest BCUT2D eigenvalue weighted by molar-refractivity contribution is 0.0720. The summed E-state index contributed by atoms with van der Waals surface area (Å²) in [5, 5.41) is 0.408. The van der Waals surface area contributed by atoms with Crippen LogP contribution in [-0.4, -0.2) is 41.9 Å². The minimum absolute atomic E-state index is 0.00910. The van der Waals surface area contributed by atoms with E-state index in [-0.39, 0.29) is 22.2 Å². The molecule has 0 spiro atoms. The molecule has 146 valence electrons. The summed E-state index contributed by atoms with van der Waals surface area (Å²) in [5.74, 6) is -0.0861. The van der Waals surface area contributed by atoms with Crippen LogP contribution in [0.5, 0.6) is 0 Å². The number of rotatable bonds is 4. The number of carbonyl (C=O) groups is 1. The van der Waals surface area contributed by atoms with Crippen molar-refractivity contribution in [3.8, 4) is 0 Å². The highest BCUT2D eigenvalue weighted by Crippen LogP contribution is 2.29. The summed E-state index contributed by atoms with van der Waals surface area (Å²) < 4.78 is 30.4. The maximum absolute atomic E-state index is 13.1. The molecule has 0 aliphatic carbocycles. The Morgan fingerprint density at radius 2 is 1.81 bits per heavy atom. The first-order valence-electron chi connectivity index (χ1n) is 8.82. The molecule has 2 aromatic heterocycles. The van der Waals surface area contributed by atoms with Crippen LogP contribution in [0.25, 0.3) is 0 Å². The Bertz CT molecular complexity index is 961. The van der Waals surface area contributed by atoms with Gasteiger partial charge in [0.1, 0.15) is 10.7 Å². The molecule has 9 heteroatoms. The number of amides is 1. The van der Waals surface area contributed by atoms with Gasteiger partial charge >= 0.3 is 0 Å². The lowest BCUT2D eigenvalue weighted by atomic mass is 10.1. The summed E-state index contributed by atoms with van der Waals surface area (Å²) in [4.78, 5) is 18.9. The first-order valence-corrected chi connectivity index (χ1v) is 10.7. The molecule has 3 rings (SSSR count). The standard InChI is InChI=1S/C18H23ClN4O3S/c1-12-16(18(24)23-9-5-4-6-10-23)17(13(2)22(12)3)27(25,26)21-15-8-7-14(19)11-20-15/h7-8,11H,4-6,9-10H2,1-3H3,(H,20,21). The first kappa shape index (κ1) is 19.7. The smallest absolute Gasteiger partial charge is 0.265 e. The van der Waals surface area contributed by atoms with E-state index in [9.17, 15) is 13.2 Å². The van der Waals surface area contributed by atoms with Gasteiger partial charge in [0.25, 0.3) is 15.9 Å². The Morgan fingerprint density at radius 3 is 2.41 bits per heavy atom. The molecule has 27 heavy (non-hydrogen) atoms. The predicted molar refractivity (Wildman–Crippen MR) is 105 cm³/mol. The molecule has 7 nitrogen and oxygen atoms in total. The molecular weight excluding hydrogens is 388 g/mol. The van der Waals surface area contributed by atoms with E-state index in [2.05, 4.69) is 9.71 Å². The normalized spacial score (nSPS) is 15.0. The van der Waals surface area contributed by atoms with Gasteiger partial charge in [-0.1, -0.05) is 11.6 Å². The van der Waals surface area contributed by atoms with Crippen LogP contribution in [0, 0.1) is 13.8 Å². The van der Waals surface area contributed by atoms with Crippen molar-refractivity contribution in [2.75, 3.05) is 17.8 Å². The number of nitrogens with zero attached hydrogens (tertiary/aromatic N) is 3. The molecule has 3 heterocycles. The van der Waals surface area contributed by atoms with Gasteiger partial charge in [-0.3, -0.25) is 9.52 Å². The number of piperidine rings is 1. The number of nitrogens with one attached hydrogen (secondary N) is 1. The maximum atomic E-state index is 13.1. The van der Waals surface area contributed by atoms with E-state index in [1.807, 2.05) is 0 Å². The SMILES string of the molecule is Cc1c(C(=O)N2CCCCC2)c(S(=O)(=O)Nc2ccc(Cl)cn2)c(C)n1C. The second-order valence-electron chi connectivity index (χ2n) is 6.75. The first-order chi connectivity index (χ1) is 12.7. The van der Waals surface area contributed by atoms with Gasteiger partial charge in [0.2, 0.25) is 0 Å². The van der Waals surface area contributed by atoms with E-state index in [1.165, 1.54) is 12.3 Å². The second-order valence-corrected chi connectivity index (χ2v) is 8.81. The third kappa shape index (κ3) is 3.82. The zero-order valence-corrected chi connectivity index (χ0v) is 17.2. The summed E-state index contributed by atoms with van der Waals surface area (Å²) >= 11 is 5.81. The van der Waals surface area contributed by atoms with Gasteiger partial charge in [0.15, 0.2) is 0 Å². The number of hydrogen-bond acceptors (Lipinski definition) is 4. The zero-order valence-electron chi connectivity index (χ0n) is 15.6. The van der Waals surface area contributed by atoms with Gasteiger partial charge in [-0.15, -0.1) is 0 Å². The fourth-order valence-corrected chi connectivity index (χ4v) is 5.02. The van der Waals surface area contributed by atoms with Crippen molar-refractivity contribution >= 4 is 33.3 Å². The molecule has 1 aliphatic rings. The van der Waals surface area contributed by atoms with Gasteiger partial charge in [-0.2, -0.15) is 0 Å². The van der Waals surface area contributed by atoms with Crippen LogP contribution in [0.15, 0.2) is 23.2 Å². The molecule has 0 radical (unpaired) electrons. The number of anilines is 1. The number of halogens is 1. The van der Waals surface area contributed by atoms with Gasteiger partial charge in [0.05, 0.1) is 10.6 Å².